The van der Waals surface area contributed by atoms with Crippen LogP contribution in [0.3, 0.4) is 0 Å². The number of amides is 3. The summed E-state index contributed by atoms with van der Waals surface area (Å²) in [6.45, 7) is 19.3. The molecule has 0 unspecified atom stereocenters. The maximum atomic E-state index is 13.8. The molecule has 3 amide bonds. The van der Waals surface area contributed by atoms with Crippen LogP contribution in [0.5, 0.6) is 0 Å². The Labute approximate surface area is 234 Å². The molecule has 9 heteroatoms. The van der Waals surface area contributed by atoms with Crippen LogP contribution in [-0.4, -0.2) is 65.7 Å². The topological polar surface area (TPSA) is 114 Å². The van der Waals surface area contributed by atoms with Crippen LogP contribution in [0, 0.1) is 17.3 Å². The number of hydrogen-bond donors (Lipinski definition) is 2. The Morgan fingerprint density at radius 2 is 1.62 bits per heavy atom. The number of ether oxygens (including phenoxy) is 2. The van der Waals surface area contributed by atoms with Crippen molar-refractivity contribution in [3.63, 3.8) is 0 Å². The van der Waals surface area contributed by atoms with Crippen molar-refractivity contribution in [3.8, 4) is 0 Å². The molecule has 0 spiro atoms. The molecule has 0 radical (unpaired) electrons. The maximum Gasteiger partial charge on any atom is 0.408 e. The number of rotatable bonds is 15. The molecule has 2 aliphatic rings. The number of alkyl carbamates (subject to hydrolysis) is 1. The largest absolute Gasteiger partial charge is 0.464 e. The lowest BCUT2D eigenvalue weighted by molar-refractivity contribution is -0.149. The summed E-state index contributed by atoms with van der Waals surface area (Å²) in [5, 5.41) is 5.64. The Kier molecular flexibility index (Phi) is 11.6. The molecule has 2 N–H and O–H groups in total. The van der Waals surface area contributed by atoms with E-state index < -0.39 is 35.8 Å². The molecule has 220 valence electrons. The van der Waals surface area contributed by atoms with E-state index in [4.69, 9.17) is 9.47 Å². The lowest BCUT2D eigenvalue weighted by atomic mass is 9.98. The van der Waals surface area contributed by atoms with Gasteiger partial charge in [-0.3, -0.25) is 9.59 Å². The van der Waals surface area contributed by atoms with Gasteiger partial charge < -0.3 is 25.0 Å². The molecule has 2 rings (SSSR count). The van der Waals surface area contributed by atoms with Crippen molar-refractivity contribution >= 4 is 23.9 Å². The van der Waals surface area contributed by atoms with Gasteiger partial charge in [0.05, 0.1) is 6.61 Å². The summed E-state index contributed by atoms with van der Waals surface area (Å²) < 4.78 is 10.6. The van der Waals surface area contributed by atoms with Gasteiger partial charge in [0, 0.05) is 6.54 Å². The fourth-order valence-electron chi connectivity index (χ4n) is 5.57. The predicted octanol–water partition coefficient (Wildman–Crippen LogP) is 4.51. The lowest BCUT2D eigenvalue weighted by Crippen LogP contribution is -2.57. The van der Waals surface area contributed by atoms with Crippen LogP contribution in [0.2, 0.25) is 0 Å². The number of unbranched alkanes of at least 4 members (excludes halogenated alkanes) is 3. The highest BCUT2D eigenvalue weighted by molar-refractivity contribution is 5.94. The highest BCUT2D eigenvalue weighted by Gasteiger charge is 2.69. The minimum atomic E-state index is -0.838. The third-order valence-electron chi connectivity index (χ3n) is 7.69. The molecule has 9 nitrogen and oxygen atoms in total. The highest BCUT2D eigenvalue weighted by atomic mass is 16.6. The van der Waals surface area contributed by atoms with E-state index in [0.29, 0.717) is 32.2 Å². The zero-order valence-electron chi connectivity index (χ0n) is 24.7. The van der Waals surface area contributed by atoms with Crippen molar-refractivity contribution in [1.29, 1.82) is 0 Å². The monoisotopic (exact) mass is 547 g/mol. The minimum Gasteiger partial charge on any atom is -0.464 e. The first-order valence-corrected chi connectivity index (χ1v) is 14.3. The summed E-state index contributed by atoms with van der Waals surface area (Å²) in [4.78, 5) is 54.4. The summed E-state index contributed by atoms with van der Waals surface area (Å²) in [5.74, 6) is -1.00. The van der Waals surface area contributed by atoms with Crippen LogP contribution in [0.4, 0.5) is 4.79 Å². The highest BCUT2D eigenvalue weighted by Crippen LogP contribution is 2.64. The van der Waals surface area contributed by atoms with Gasteiger partial charge in [0.15, 0.2) is 0 Å². The molecule has 0 bridgehead atoms. The number of piperidine rings is 1. The average molecular weight is 548 g/mol. The van der Waals surface area contributed by atoms with E-state index >= 15 is 0 Å². The molecule has 5 atom stereocenters. The van der Waals surface area contributed by atoms with E-state index in [0.717, 1.165) is 19.3 Å². The van der Waals surface area contributed by atoms with Gasteiger partial charge in [-0.2, -0.15) is 0 Å². The number of nitrogens with zero attached hydrogens (tertiary/aromatic N) is 1. The van der Waals surface area contributed by atoms with Crippen molar-refractivity contribution in [2.24, 2.45) is 17.3 Å². The van der Waals surface area contributed by atoms with Gasteiger partial charge in [0.25, 0.3) is 0 Å². The average Bonchev–Trinajstić information content (AvgIpc) is 3.16. The number of hydrogen-bond acceptors (Lipinski definition) is 6. The summed E-state index contributed by atoms with van der Waals surface area (Å²) in [7, 11) is 0. The standard InChI is InChI=1S/C30H49N3O6/c1-9-12-14-16-18-22(27(36)38-11-3)31-25(34)24-23-20(30(23,7)8)19-33(24)26(35)21(17-15-13-10-2)32-28(37)39-29(4,5)6/h9-10,20-24H,1-2,11-19H2,3-8H3,(H,31,34)(H,32,37)/t20-,21-,22-,23-,24-/m0/s1. The second kappa shape index (κ2) is 14.0. The van der Waals surface area contributed by atoms with E-state index in [1.165, 1.54) is 0 Å². The quantitative estimate of drug-likeness (QED) is 0.177. The van der Waals surface area contributed by atoms with E-state index in [1.54, 1.807) is 38.7 Å². The molecule has 1 aliphatic heterocycles. The number of nitrogens with one attached hydrogen (secondary N) is 2. The van der Waals surface area contributed by atoms with Gasteiger partial charge >= 0.3 is 12.1 Å². The number of fused-ring (bicyclic) bond motifs is 1. The summed E-state index contributed by atoms with van der Waals surface area (Å²) in [5.41, 5.74) is -0.812. The van der Waals surface area contributed by atoms with Crippen LogP contribution in [-0.2, 0) is 23.9 Å². The van der Waals surface area contributed by atoms with Crippen LogP contribution >= 0.6 is 0 Å². The fraction of sp³-hybridized carbons (Fsp3) is 0.733. The van der Waals surface area contributed by atoms with Crippen LogP contribution in [0.1, 0.15) is 86.5 Å². The Morgan fingerprint density at radius 3 is 2.21 bits per heavy atom. The Bertz CT molecular complexity index is 909. The number of carbonyl (C=O) groups excluding carboxylic acids is 4. The molecule has 0 aromatic carbocycles. The Hall–Kier alpha value is -2.84. The lowest BCUT2D eigenvalue weighted by Gasteiger charge is -2.34. The van der Waals surface area contributed by atoms with Gasteiger partial charge in [-0.15, -0.1) is 13.2 Å². The molecule has 1 saturated heterocycles. The van der Waals surface area contributed by atoms with Crippen molar-refractivity contribution in [2.45, 2.75) is 110 Å². The van der Waals surface area contributed by atoms with E-state index in [1.807, 2.05) is 6.08 Å². The third kappa shape index (κ3) is 8.83. The molecule has 39 heavy (non-hydrogen) atoms. The molecular weight excluding hydrogens is 498 g/mol. The van der Waals surface area contributed by atoms with Crippen molar-refractivity contribution in [1.82, 2.24) is 15.5 Å². The SMILES string of the molecule is C=CCCCC[C@H](NC(=O)[C@@H]1[C@@H]2[C@H](CN1C(=O)[C@H](CCCC=C)NC(=O)OC(C)(C)C)C2(C)C)C(=O)OCC. The molecule has 0 aromatic heterocycles. The molecular formula is C30H49N3O6. The van der Waals surface area contributed by atoms with Crippen LogP contribution in [0.25, 0.3) is 0 Å². The Morgan fingerprint density at radius 1 is 1.00 bits per heavy atom. The van der Waals surface area contributed by atoms with Gasteiger partial charge in [0.1, 0.15) is 23.7 Å². The van der Waals surface area contributed by atoms with Crippen molar-refractivity contribution in [3.05, 3.63) is 25.3 Å². The second-order valence-electron chi connectivity index (χ2n) is 12.2. The number of carbonyl (C=O) groups is 4. The Balaban J connectivity index is 2.24. The molecule has 1 saturated carbocycles. The third-order valence-corrected chi connectivity index (χ3v) is 7.69. The molecule has 2 fully saturated rings. The normalized spacial score (nSPS) is 22.6. The smallest absolute Gasteiger partial charge is 0.408 e. The van der Waals surface area contributed by atoms with Gasteiger partial charge in [-0.25, -0.2) is 9.59 Å². The van der Waals surface area contributed by atoms with Gasteiger partial charge in [-0.1, -0.05) is 32.4 Å². The predicted molar refractivity (Wildman–Crippen MR) is 151 cm³/mol. The van der Waals surface area contributed by atoms with E-state index in [2.05, 4.69) is 37.6 Å². The molecule has 1 heterocycles. The zero-order valence-corrected chi connectivity index (χ0v) is 24.7. The van der Waals surface area contributed by atoms with Crippen molar-refractivity contribution < 1.29 is 28.7 Å². The van der Waals surface area contributed by atoms with E-state index in [9.17, 15) is 19.2 Å². The number of allylic oxidation sites excluding steroid dienone is 2. The number of esters is 1. The zero-order chi connectivity index (χ0) is 29.4. The van der Waals surface area contributed by atoms with Crippen LogP contribution in [0.15, 0.2) is 25.3 Å². The molecule has 0 aromatic rings. The summed E-state index contributed by atoms with van der Waals surface area (Å²) in [6, 6.07) is -2.36. The fourth-order valence-corrected chi connectivity index (χ4v) is 5.57. The summed E-state index contributed by atoms with van der Waals surface area (Å²) >= 11 is 0. The minimum absolute atomic E-state index is 0.0274. The van der Waals surface area contributed by atoms with E-state index in [-0.39, 0.29) is 35.7 Å². The van der Waals surface area contributed by atoms with Crippen molar-refractivity contribution in [2.75, 3.05) is 13.2 Å². The first kappa shape index (κ1) is 32.4. The molecule has 1 aliphatic carbocycles. The summed E-state index contributed by atoms with van der Waals surface area (Å²) in [6.07, 6.45) is 7.49. The number of likely N-dealkylation sites (tertiary alicyclic amines) is 1. The first-order chi connectivity index (χ1) is 18.3. The first-order valence-electron chi connectivity index (χ1n) is 14.3. The second-order valence-corrected chi connectivity index (χ2v) is 12.2. The maximum absolute atomic E-state index is 13.8. The van der Waals surface area contributed by atoms with Gasteiger partial charge in [-0.05, 0) is 83.5 Å². The van der Waals surface area contributed by atoms with Crippen LogP contribution < -0.4 is 10.6 Å². The van der Waals surface area contributed by atoms with Gasteiger partial charge in [0.2, 0.25) is 11.8 Å².